The molecule has 0 bridgehead atoms. The zero-order valence-electron chi connectivity index (χ0n) is 29.8. The molecular weight excluding hydrogens is 590 g/mol. The number of hydrogen-bond acceptors (Lipinski definition) is 8. The van der Waals surface area contributed by atoms with Crippen molar-refractivity contribution in [1.29, 1.82) is 0 Å². The minimum Gasteiger partial charge on any atom is -0.394 e. The van der Waals surface area contributed by atoms with Crippen molar-refractivity contribution in [3.63, 3.8) is 0 Å². The third kappa shape index (κ3) is 27.5. The molecule has 1 aliphatic rings. The van der Waals surface area contributed by atoms with Crippen molar-refractivity contribution in [2.24, 2.45) is 0 Å². The van der Waals surface area contributed by atoms with Crippen LogP contribution < -0.4 is 0 Å². The van der Waals surface area contributed by atoms with E-state index in [0.717, 1.165) is 17.4 Å². The second kappa shape index (κ2) is 30.0. The van der Waals surface area contributed by atoms with Crippen molar-refractivity contribution >= 4 is 8.80 Å². The largest absolute Gasteiger partial charge is 0.498 e. The van der Waals surface area contributed by atoms with E-state index in [1.807, 2.05) is 0 Å². The molecule has 2 N–H and O–H groups in total. The van der Waals surface area contributed by atoms with Gasteiger partial charge in [-0.25, -0.2) is 0 Å². The van der Waals surface area contributed by atoms with Crippen molar-refractivity contribution in [3.05, 3.63) is 0 Å². The fourth-order valence-electron chi connectivity index (χ4n) is 5.82. The van der Waals surface area contributed by atoms with Crippen LogP contribution >= 0.6 is 0 Å². The lowest BCUT2D eigenvalue weighted by Gasteiger charge is -2.31. The Morgan fingerprint density at radius 2 is 1.18 bits per heavy atom. The molecule has 0 aromatic rings. The summed E-state index contributed by atoms with van der Waals surface area (Å²) in [5.74, 6) is 0. The van der Waals surface area contributed by atoms with Crippen LogP contribution in [0.15, 0.2) is 0 Å². The van der Waals surface area contributed by atoms with Crippen molar-refractivity contribution < 1.29 is 42.2 Å². The van der Waals surface area contributed by atoms with Crippen molar-refractivity contribution in [1.82, 2.24) is 0 Å². The summed E-state index contributed by atoms with van der Waals surface area (Å²) in [5.41, 5.74) is 0. The Labute approximate surface area is 278 Å². The van der Waals surface area contributed by atoms with Gasteiger partial charge in [-0.05, 0) is 19.3 Å². The minimum atomic E-state index is -3.29. The number of aliphatic hydroxyl groups is 1. The summed E-state index contributed by atoms with van der Waals surface area (Å²) in [6.45, 7) is 8.09. The van der Waals surface area contributed by atoms with Gasteiger partial charge in [0.05, 0.1) is 92.8 Å². The second-order valence-corrected chi connectivity index (χ2v) is 16.0. The lowest BCUT2D eigenvalue weighted by molar-refractivity contribution is -0.890. The van der Waals surface area contributed by atoms with Gasteiger partial charge < -0.3 is 42.2 Å². The monoisotopic (exact) mass is 665 g/mol. The maximum Gasteiger partial charge on any atom is 0.498 e. The average Bonchev–Trinajstić information content (AvgIpc) is 3.01. The van der Waals surface area contributed by atoms with Gasteiger partial charge >= 0.3 is 8.80 Å². The van der Waals surface area contributed by atoms with E-state index in [0.29, 0.717) is 71.9 Å². The molecule has 2 atom stereocenters. The number of aliphatic hydroxyl groups excluding tert-OH is 1. The first-order chi connectivity index (χ1) is 21.9. The Balaban J connectivity index is 2.12. The van der Waals surface area contributed by atoms with E-state index in [1.165, 1.54) is 109 Å². The van der Waals surface area contributed by atoms with Crippen LogP contribution in [0.4, 0.5) is 0 Å². The van der Waals surface area contributed by atoms with E-state index in [-0.39, 0.29) is 12.7 Å². The van der Waals surface area contributed by atoms with E-state index in [1.54, 1.807) is 0 Å². The van der Waals surface area contributed by atoms with Gasteiger partial charge in [0.25, 0.3) is 0 Å². The first kappa shape index (κ1) is 42.9. The summed E-state index contributed by atoms with van der Waals surface area (Å²) in [6, 6.07) is 0.550. The van der Waals surface area contributed by atoms with Gasteiger partial charge in [-0.1, -0.05) is 96.8 Å². The topological polar surface area (TPSA) is 95.8 Å². The number of quaternary nitrogens is 1. The van der Waals surface area contributed by atoms with Crippen LogP contribution in [0, 0.1) is 0 Å². The van der Waals surface area contributed by atoms with Crippen molar-refractivity contribution in [2.75, 3.05) is 93.3 Å². The molecule has 1 fully saturated rings. The molecule has 45 heavy (non-hydrogen) atoms. The fraction of sp³-hybridized carbons (Fsp3) is 1.00. The average molecular weight is 665 g/mol. The van der Waals surface area contributed by atoms with Gasteiger partial charge in [-0.15, -0.1) is 0 Å². The Bertz CT molecular complexity index is 632. The first-order valence-corrected chi connectivity index (χ1v) is 20.7. The van der Waals surface area contributed by atoms with Crippen LogP contribution in [0.25, 0.3) is 0 Å². The Hall–Kier alpha value is -0.143. The molecule has 0 amide bonds. The molecule has 0 aromatic carbocycles. The Morgan fingerprint density at radius 3 is 1.78 bits per heavy atom. The highest BCUT2D eigenvalue weighted by Crippen LogP contribution is 2.18. The quantitative estimate of drug-likeness (QED) is 0.0556. The predicted octanol–water partition coefficient (Wildman–Crippen LogP) is 6.51. The predicted molar refractivity (Wildman–Crippen MR) is 185 cm³/mol. The summed E-state index contributed by atoms with van der Waals surface area (Å²) in [6.07, 6.45) is 23.8. The highest BCUT2D eigenvalue weighted by atomic mass is 28.4. The van der Waals surface area contributed by atoms with Crippen LogP contribution in [0.2, 0.25) is 6.04 Å². The summed E-state index contributed by atoms with van der Waals surface area (Å²) in [5, 5.41) is 8.77. The maximum absolute atomic E-state index is 11.2. The number of hydrogen-bond donors (Lipinski definition) is 2. The molecule has 1 saturated heterocycles. The molecule has 1 aliphatic heterocycles. The molecule has 9 nitrogen and oxygen atoms in total. The van der Waals surface area contributed by atoms with Crippen molar-refractivity contribution in [2.45, 2.75) is 135 Å². The van der Waals surface area contributed by atoms with Gasteiger partial charge in [0.15, 0.2) is 0 Å². The maximum atomic E-state index is 11.2. The minimum absolute atomic E-state index is 0.0128. The third-order valence-corrected chi connectivity index (χ3v) is 11.0. The van der Waals surface area contributed by atoms with E-state index in [4.69, 9.17) is 32.9 Å². The number of nitrogens with zero attached hydrogens (tertiary/aromatic N) is 1. The van der Waals surface area contributed by atoms with Gasteiger partial charge in [0.2, 0.25) is 0 Å². The number of unbranched alkanes of at least 4 members (excludes halogenated alkanes) is 15. The smallest absolute Gasteiger partial charge is 0.394 e. The summed E-state index contributed by atoms with van der Waals surface area (Å²) < 4.78 is 35.3. The molecule has 10 heteroatoms. The second-order valence-electron chi connectivity index (χ2n) is 13.5. The van der Waals surface area contributed by atoms with Crippen LogP contribution in [-0.4, -0.2) is 123 Å². The SMILES string of the molecule is CCCCCCCCCCCCCCCCCC[N+](C)(C)CCC[Si]1(O)OCCOCCC(COCCOCCO)OCCO1. The molecular formula is C35H74NO8Si+. The molecule has 0 aliphatic carbocycles. The van der Waals surface area contributed by atoms with Gasteiger partial charge in [-0.3, -0.25) is 0 Å². The fourth-order valence-corrected chi connectivity index (χ4v) is 7.60. The summed E-state index contributed by atoms with van der Waals surface area (Å²) in [7, 11) is 1.29. The molecule has 1 heterocycles. The Morgan fingerprint density at radius 1 is 0.644 bits per heavy atom. The normalized spacial score (nSPS) is 20.6. The van der Waals surface area contributed by atoms with Gasteiger partial charge in [0.1, 0.15) is 0 Å². The van der Waals surface area contributed by atoms with Crippen LogP contribution in [0.5, 0.6) is 0 Å². The highest BCUT2D eigenvalue weighted by molar-refractivity contribution is 6.59. The number of ether oxygens (including phenoxy) is 4. The van der Waals surface area contributed by atoms with Crippen molar-refractivity contribution in [3.8, 4) is 0 Å². The van der Waals surface area contributed by atoms with E-state index >= 15 is 0 Å². The zero-order valence-corrected chi connectivity index (χ0v) is 30.8. The molecule has 0 saturated carbocycles. The Kier molecular flexibility index (Phi) is 28.5. The van der Waals surface area contributed by atoms with E-state index in [2.05, 4.69) is 21.0 Å². The summed E-state index contributed by atoms with van der Waals surface area (Å²) >= 11 is 0. The standard InChI is InChI=1S/C35H74NO8Si/c1-4-5-6-7-8-9-10-11-12-13-14-15-16-17-18-19-22-36(2,3)23-20-33-45(38)43-31-29-39-25-21-35(42-30-32-44-45)34-41-28-27-40-26-24-37/h35,37-38H,4-34H2,1-3H3/q+1. The molecule has 1 rings (SSSR count). The lowest BCUT2D eigenvalue weighted by Crippen LogP contribution is -2.47. The van der Waals surface area contributed by atoms with Crippen LogP contribution in [0.1, 0.15) is 122 Å². The van der Waals surface area contributed by atoms with Crippen LogP contribution in [-0.2, 0) is 27.8 Å². The highest BCUT2D eigenvalue weighted by Gasteiger charge is 2.37. The zero-order chi connectivity index (χ0) is 32.7. The summed E-state index contributed by atoms with van der Waals surface area (Å²) in [4.78, 5) is 11.2. The lowest BCUT2D eigenvalue weighted by atomic mass is 10.0. The first-order valence-electron chi connectivity index (χ1n) is 18.7. The molecule has 0 aromatic heterocycles. The third-order valence-electron chi connectivity index (χ3n) is 8.69. The molecule has 0 spiro atoms. The van der Waals surface area contributed by atoms with E-state index in [9.17, 15) is 4.80 Å². The van der Waals surface area contributed by atoms with Crippen LogP contribution in [0.3, 0.4) is 0 Å². The van der Waals surface area contributed by atoms with Gasteiger partial charge in [0, 0.05) is 19.1 Å². The molecule has 270 valence electrons. The number of rotatable bonds is 28. The molecule has 2 unspecified atom stereocenters. The van der Waals surface area contributed by atoms with Gasteiger partial charge in [-0.2, -0.15) is 0 Å². The van der Waals surface area contributed by atoms with E-state index < -0.39 is 8.80 Å². The molecule has 0 radical (unpaired) electrons.